The van der Waals surface area contributed by atoms with Crippen LogP contribution >= 0.6 is 22.6 Å². The van der Waals surface area contributed by atoms with E-state index in [1.165, 1.54) is 12.1 Å². The van der Waals surface area contributed by atoms with Gasteiger partial charge in [-0.2, -0.15) is 8.78 Å². The van der Waals surface area contributed by atoms with Gasteiger partial charge in [0, 0.05) is 28.2 Å². The molecule has 16 heavy (non-hydrogen) atoms. The van der Waals surface area contributed by atoms with Gasteiger partial charge in [0.1, 0.15) is 0 Å². The van der Waals surface area contributed by atoms with Crippen LogP contribution in [0.3, 0.4) is 0 Å². The molecule has 0 aromatic heterocycles. The minimum atomic E-state index is -3.35. The number of alkyl halides is 3. The zero-order valence-corrected chi connectivity index (χ0v) is 10.2. The molecule has 0 aliphatic rings. The summed E-state index contributed by atoms with van der Waals surface area (Å²) in [6, 6.07) is 11.9. The Hall–Kier alpha value is -1.04. The van der Waals surface area contributed by atoms with Crippen molar-refractivity contribution in [2.45, 2.75) is 3.93 Å². The summed E-state index contributed by atoms with van der Waals surface area (Å²) in [6.45, 7) is 0. The molecule has 0 saturated heterocycles. The number of carbonyl (C=O) groups is 1. The first-order valence-corrected chi connectivity index (χ1v) is 5.67. The quantitative estimate of drug-likeness (QED) is 0.461. The molecule has 2 rings (SSSR count). The number of fused-ring (bicyclic) bond motifs is 1. The lowest BCUT2D eigenvalue weighted by Gasteiger charge is -2.07. The smallest absolute Gasteiger partial charge is 0.286 e. The van der Waals surface area contributed by atoms with Crippen LogP contribution in [0.5, 0.6) is 0 Å². The standard InChI is InChI=1S/C12H7F2IO/c13-12(14,15)11(16)10-6-5-8-3-1-2-4-9(8)7-10/h1-7H. The van der Waals surface area contributed by atoms with Crippen LogP contribution in [-0.2, 0) is 0 Å². The van der Waals surface area contributed by atoms with Crippen LogP contribution in [0.15, 0.2) is 42.5 Å². The summed E-state index contributed by atoms with van der Waals surface area (Å²) in [7, 11) is 0. The summed E-state index contributed by atoms with van der Waals surface area (Å²) >= 11 is 0.847. The van der Waals surface area contributed by atoms with E-state index in [2.05, 4.69) is 0 Å². The maximum Gasteiger partial charge on any atom is 0.357 e. The average molecular weight is 332 g/mol. The van der Waals surface area contributed by atoms with Gasteiger partial charge in [0.2, 0.25) is 5.78 Å². The Bertz CT molecular complexity index is 546. The lowest BCUT2D eigenvalue weighted by molar-refractivity contribution is 0.0627. The second kappa shape index (κ2) is 4.08. The van der Waals surface area contributed by atoms with Gasteiger partial charge >= 0.3 is 3.93 Å². The molecule has 2 aromatic rings. The van der Waals surface area contributed by atoms with Crippen LogP contribution in [0.1, 0.15) is 10.4 Å². The van der Waals surface area contributed by atoms with Crippen molar-refractivity contribution in [1.29, 1.82) is 0 Å². The molecule has 0 spiro atoms. The van der Waals surface area contributed by atoms with E-state index >= 15 is 0 Å². The highest BCUT2D eigenvalue weighted by Gasteiger charge is 2.35. The van der Waals surface area contributed by atoms with Crippen molar-refractivity contribution in [3.8, 4) is 0 Å². The van der Waals surface area contributed by atoms with Crippen LogP contribution < -0.4 is 0 Å². The number of benzene rings is 2. The normalized spacial score (nSPS) is 11.7. The van der Waals surface area contributed by atoms with Gasteiger partial charge in [-0.05, 0) is 16.8 Å². The zero-order valence-electron chi connectivity index (χ0n) is 8.08. The van der Waals surface area contributed by atoms with Gasteiger partial charge in [-0.3, -0.25) is 4.79 Å². The van der Waals surface area contributed by atoms with Gasteiger partial charge in [0.25, 0.3) is 0 Å². The van der Waals surface area contributed by atoms with E-state index in [1.807, 2.05) is 12.1 Å². The highest BCUT2D eigenvalue weighted by molar-refractivity contribution is 14.1. The van der Waals surface area contributed by atoms with Gasteiger partial charge < -0.3 is 0 Å². The number of carbonyl (C=O) groups excluding carboxylic acids is 1. The van der Waals surface area contributed by atoms with Crippen LogP contribution in [0.2, 0.25) is 0 Å². The predicted octanol–water partition coefficient (Wildman–Crippen LogP) is 4.05. The molecule has 82 valence electrons. The Kier molecular flexibility index (Phi) is 2.92. The molecule has 0 saturated carbocycles. The first-order chi connectivity index (χ1) is 7.48. The fraction of sp³-hybridized carbons (Fsp3) is 0.0833. The Labute approximate surface area is 105 Å². The second-order valence-electron chi connectivity index (χ2n) is 3.39. The number of hydrogen-bond acceptors (Lipinski definition) is 1. The van der Waals surface area contributed by atoms with Crippen LogP contribution in [-0.4, -0.2) is 9.71 Å². The zero-order chi connectivity index (χ0) is 11.8. The molecule has 1 nitrogen and oxygen atoms in total. The summed E-state index contributed by atoms with van der Waals surface area (Å²) < 4.78 is 22.3. The Morgan fingerprint density at radius 1 is 1.06 bits per heavy atom. The van der Waals surface area contributed by atoms with Crippen molar-refractivity contribution >= 4 is 39.1 Å². The molecule has 0 fully saturated rings. The van der Waals surface area contributed by atoms with Crippen molar-refractivity contribution in [1.82, 2.24) is 0 Å². The number of halogens is 3. The van der Waals surface area contributed by atoms with E-state index in [0.29, 0.717) is 0 Å². The third-order valence-corrected chi connectivity index (χ3v) is 2.76. The first-order valence-electron chi connectivity index (χ1n) is 4.59. The fourth-order valence-corrected chi connectivity index (χ4v) is 1.81. The van der Waals surface area contributed by atoms with Gasteiger partial charge in [0.15, 0.2) is 0 Å². The minimum Gasteiger partial charge on any atom is -0.286 e. The van der Waals surface area contributed by atoms with E-state index < -0.39 is 9.71 Å². The summed E-state index contributed by atoms with van der Waals surface area (Å²) in [5.41, 5.74) is 0.0399. The summed E-state index contributed by atoms with van der Waals surface area (Å²) in [4.78, 5) is 11.4. The Morgan fingerprint density at radius 2 is 1.69 bits per heavy atom. The number of rotatable bonds is 2. The molecule has 0 aliphatic carbocycles. The molecule has 0 heterocycles. The molecular weight excluding hydrogens is 325 g/mol. The molecule has 0 amide bonds. The number of ketones is 1. The predicted molar refractivity (Wildman–Crippen MR) is 67.2 cm³/mol. The molecule has 4 heteroatoms. The van der Waals surface area contributed by atoms with E-state index in [9.17, 15) is 13.6 Å². The van der Waals surface area contributed by atoms with Crippen molar-refractivity contribution in [3.63, 3.8) is 0 Å². The summed E-state index contributed by atoms with van der Waals surface area (Å²) in [5.74, 6) is -1.15. The van der Waals surface area contributed by atoms with Gasteiger partial charge in [-0.1, -0.05) is 36.4 Å². The Morgan fingerprint density at radius 3 is 2.31 bits per heavy atom. The van der Waals surface area contributed by atoms with Crippen molar-refractivity contribution in [3.05, 3.63) is 48.0 Å². The third kappa shape index (κ3) is 2.21. The van der Waals surface area contributed by atoms with E-state index in [4.69, 9.17) is 0 Å². The van der Waals surface area contributed by atoms with E-state index in [0.717, 1.165) is 33.4 Å². The fourth-order valence-electron chi connectivity index (χ4n) is 1.49. The molecule has 0 N–H and O–H groups in total. The van der Waals surface area contributed by atoms with E-state index in [1.54, 1.807) is 18.2 Å². The molecule has 0 unspecified atom stereocenters. The molecule has 2 aromatic carbocycles. The molecule has 0 atom stereocenters. The highest BCUT2D eigenvalue weighted by Crippen LogP contribution is 2.28. The summed E-state index contributed by atoms with van der Waals surface area (Å²) in [5, 5.41) is 1.71. The molecule has 0 bridgehead atoms. The number of Topliss-reactive ketones (excluding diaryl/α,β-unsaturated/α-hetero) is 1. The van der Waals surface area contributed by atoms with Crippen molar-refractivity contribution in [2.75, 3.05) is 0 Å². The van der Waals surface area contributed by atoms with Gasteiger partial charge in [0.05, 0.1) is 0 Å². The van der Waals surface area contributed by atoms with Crippen LogP contribution in [0.25, 0.3) is 10.8 Å². The highest BCUT2D eigenvalue weighted by atomic mass is 127. The molecule has 0 radical (unpaired) electrons. The van der Waals surface area contributed by atoms with Gasteiger partial charge in [-0.15, -0.1) is 0 Å². The lowest BCUT2D eigenvalue weighted by Crippen LogP contribution is -2.20. The van der Waals surface area contributed by atoms with Crippen molar-refractivity contribution < 1.29 is 13.6 Å². The van der Waals surface area contributed by atoms with Crippen LogP contribution in [0, 0.1) is 0 Å². The third-order valence-electron chi connectivity index (χ3n) is 2.27. The monoisotopic (exact) mass is 332 g/mol. The maximum atomic E-state index is 12.8. The topological polar surface area (TPSA) is 17.1 Å². The molecule has 0 aliphatic heterocycles. The average Bonchev–Trinajstić information content (AvgIpc) is 2.26. The number of hydrogen-bond donors (Lipinski definition) is 0. The largest absolute Gasteiger partial charge is 0.357 e. The van der Waals surface area contributed by atoms with Crippen LogP contribution in [0.4, 0.5) is 8.78 Å². The minimum absolute atomic E-state index is 0.0399. The molecular formula is C12H7F2IO. The maximum absolute atomic E-state index is 12.8. The van der Waals surface area contributed by atoms with E-state index in [-0.39, 0.29) is 5.56 Å². The summed E-state index contributed by atoms with van der Waals surface area (Å²) in [6.07, 6.45) is 0. The second-order valence-corrected chi connectivity index (χ2v) is 4.74. The Balaban J connectivity index is 2.52. The SMILES string of the molecule is O=C(c1ccc2ccccc2c1)C(F)(F)I. The van der Waals surface area contributed by atoms with Crippen molar-refractivity contribution in [2.24, 2.45) is 0 Å². The van der Waals surface area contributed by atoms with Gasteiger partial charge in [-0.25, -0.2) is 0 Å². The first kappa shape index (κ1) is 11.4. The lowest BCUT2D eigenvalue weighted by atomic mass is 10.0.